The van der Waals surface area contributed by atoms with E-state index >= 15 is 0 Å². The summed E-state index contributed by atoms with van der Waals surface area (Å²) in [6.45, 7) is 6.97. The number of rotatable bonds is 6. The second kappa shape index (κ2) is 8.91. The van der Waals surface area contributed by atoms with E-state index in [4.69, 9.17) is 9.47 Å². The molecule has 0 aliphatic heterocycles. The van der Waals surface area contributed by atoms with Gasteiger partial charge in [0, 0.05) is 12.2 Å². The molecule has 0 amide bonds. The molecule has 1 fully saturated rings. The number of ether oxygens (including phenoxy) is 2. The first-order valence-corrected chi connectivity index (χ1v) is 6.65. The number of carbonyl (C=O) groups is 2. The molecule has 1 rings (SSSR count). The van der Waals surface area contributed by atoms with Gasteiger partial charge in [0.05, 0.1) is 0 Å². The van der Waals surface area contributed by atoms with Crippen LogP contribution in [-0.4, -0.2) is 24.1 Å². The van der Waals surface area contributed by atoms with Crippen molar-refractivity contribution in [1.29, 1.82) is 0 Å². The van der Waals surface area contributed by atoms with Gasteiger partial charge in [0.15, 0.2) is 0 Å². The third-order valence-corrected chi connectivity index (χ3v) is 2.92. The number of hydrogen-bond donors (Lipinski definition) is 0. The SMILES string of the molecule is C=CC=CC(=O)OC1CCC(OC(=O)C=CC=C)CC1. The number of allylic oxidation sites excluding steroid dienone is 4. The highest BCUT2D eigenvalue weighted by Crippen LogP contribution is 2.23. The van der Waals surface area contributed by atoms with Crippen molar-refractivity contribution in [3.63, 3.8) is 0 Å². The maximum absolute atomic E-state index is 11.4. The van der Waals surface area contributed by atoms with Crippen LogP contribution in [0.1, 0.15) is 25.7 Å². The highest BCUT2D eigenvalue weighted by Gasteiger charge is 2.25. The van der Waals surface area contributed by atoms with Gasteiger partial charge in [-0.25, -0.2) is 9.59 Å². The summed E-state index contributed by atoms with van der Waals surface area (Å²) in [6.07, 6.45) is 11.4. The molecule has 0 radical (unpaired) electrons. The Hall–Kier alpha value is -2.10. The van der Waals surface area contributed by atoms with Crippen molar-refractivity contribution < 1.29 is 19.1 Å². The fourth-order valence-electron chi connectivity index (χ4n) is 1.97. The lowest BCUT2D eigenvalue weighted by Crippen LogP contribution is -2.29. The van der Waals surface area contributed by atoms with Crippen molar-refractivity contribution in [2.24, 2.45) is 0 Å². The first kappa shape index (κ1) is 16.0. The van der Waals surface area contributed by atoms with Gasteiger partial charge in [-0.15, -0.1) is 0 Å². The van der Waals surface area contributed by atoms with E-state index in [2.05, 4.69) is 13.2 Å². The Labute approximate surface area is 119 Å². The van der Waals surface area contributed by atoms with E-state index in [1.165, 1.54) is 24.3 Å². The molecule has 0 spiro atoms. The average molecular weight is 276 g/mol. The lowest BCUT2D eigenvalue weighted by molar-refractivity contribution is -0.151. The van der Waals surface area contributed by atoms with Crippen LogP contribution in [-0.2, 0) is 19.1 Å². The fraction of sp³-hybridized carbons (Fsp3) is 0.375. The normalized spacial score (nSPS) is 22.6. The lowest BCUT2D eigenvalue weighted by atomic mass is 9.95. The summed E-state index contributed by atoms with van der Waals surface area (Å²) in [4.78, 5) is 22.8. The van der Waals surface area contributed by atoms with Crippen LogP contribution in [0.25, 0.3) is 0 Å². The Morgan fingerprint density at radius 3 is 1.45 bits per heavy atom. The average Bonchev–Trinajstić information content (AvgIpc) is 2.45. The summed E-state index contributed by atoms with van der Waals surface area (Å²) in [7, 11) is 0. The van der Waals surface area contributed by atoms with Crippen molar-refractivity contribution in [2.45, 2.75) is 37.9 Å². The molecule has 1 saturated carbocycles. The zero-order chi connectivity index (χ0) is 14.8. The summed E-state index contributed by atoms with van der Waals surface area (Å²) in [6, 6.07) is 0. The van der Waals surface area contributed by atoms with Gasteiger partial charge in [-0.1, -0.05) is 37.5 Å². The summed E-state index contributed by atoms with van der Waals surface area (Å²) >= 11 is 0. The molecule has 0 saturated heterocycles. The molecule has 0 aromatic carbocycles. The molecular formula is C16H20O4. The maximum atomic E-state index is 11.4. The van der Waals surface area contributed by atoms with Crippen LogP contribution in [0.2, 0.25) is 0 Å². The van der Waals surface area contributed by atoms with Crippen LogP contribution in [0.15, 0.2) is 49.6 Å². The van der Waals surface area contributed by atoms with Gasteiger partial charge in [-0.2, -0.15) is 0 Å². The fourth-order valence-corrected chi connectivity index (χ4v) is 1.97. The van der Waals surface area contributed by atoms with E-state index in [0.717, 1.165) is 0 Å². The molecule has 1 aliphatic rings. The number of carbonyl (C=O) groups excluding carboxylic acids is 2. The second-order valence-corrected chi connectivity index (χ2v) is 4.46. The Kier molecular flexibility index (Phi) is 7.11. The monoisotopic (exact) mass is 276 g/mol. The third-order valence-electron chi connectivity index (χ3n) is 2.92. The molecule has 0 unspecified atom stereocenters. The molecule has 20 heavy (non-hydrogen) atoms. The topological polar surface area (TPSA) is 52.6 Å². The van der Waals surface area contributed by atoms with E-state index in [9.17, 15) is 9.59 Å². The van der Waals surface area contributed by atoms with Crippen LogP contribution in [0, 0.1) is 0 Å². The minimum atomic E-state index is -0.362. The zero-order valence-corrected chi connectivity index (χ0v) is 11.5. The van der Waals surface area contributed by atoms with Gasteiger partial charge < -0.3 is 9.47 Å². The van der Waals surface area contributed by atoms with E-state index < -0.39 is 0 Å². The predicted octanol–water partition coefficient (Wildman–Crippen LogP) is 2.87. The van der Waals surface area contributed by atoms with Crippen molar-refractivity contribution in [3.8, 4) is 0 Å². The minimum absolute atomic E-state index is 0.101. The summed E-state index contributed by atoms with van der Waals surface area (Å²) in [5.41, 5.74) is 0. The Morgan fingerprint density at radius 1 is 0.800 bits per heavy atom. The van der Waals surface area contributed by atoms with Crippen LogP contribution in [0.4, 0.5) is 0 Å². The standard InChI is InChI=1S/C16H20O4/c1-3-5-7-15(17)19-13-9-11-14(12-10-13)20-16(18)8-6-4-2/h3-8,13-14H,1-2,9-12H2. The van der Waals surface area contributed by atoms with Crippen LogP contribution >= 0.6 is 0 Å². The van der Waals surface area contributed by atoms with Gasteiger partial charge in [0.25, 0.3) is 0 Å². The van der Waals surface area contributed by atoms with Gasteiger partial charge in [-0.05, 0) is 25.7 Å². The van der Waals surface area contributed by atoms with Crippen molar-refractivity contribution in [3.05, 3.63) is 49.6 Å². The van der Waals surface area contributed by atoms with Gasteiger partial charge in [0.2, 0.25) is 0 Å². The molecule has 0 aromatic rings. The molecule has 108 valence electrons. The van der Waals surface area contributed by atoms with Crippen molar-refractivity contribution in [1.82, 2.24) is 0 Å². The molecule has 0 atom stereocenters. The van der Waals surface area contributed by atoms with E-state index in [1.807, 2.05) is 0 Å². The summed E-state index contributed by atoms with van der Waals surface area (Å²) < 4.78 is 10.5. The first-order chi connectivity index (χ1) is 9.65. The molecule has 1 aliphatic carbocycles. The summed E-state index contributed by atoms with van der Waals surface area (Å²) in [5.74, 6) is -0.724. The molecule has 4 nitrogen and oxygen atoms in total. The third kappa shape index (κ3) is 6.18. The smallest absolute Gasteiger partial charge is 0.331 e. The second-order valence-electron chi connectivity index (χ2n) is 4.46. The Balaban J connectivity index is 2.29. The molecule has 0 bridgehead atoms. The molecule has 0 aromatic heterocycles. The van der Waals surface area contributed by atoms with Gasteiger partial charge in [-0.3, -0.25) is 0 Å². The van der Waals surface area contributed by atoms with Crippen LogP contribution < -0.4 is 0 Å². The predicted molar refractivity (Wildman–Crippen MR) is 76.9 cm³/mol. The van der Waals surface area contributed by atoms with E-state index in [0.29, 0.717) is 25.7 Å². The Bertz CT molecular complexity index is 372. The summed E-state index contributed by atoms with van der Waals surface area (Å²) in [5, 5.41) is 0. The zero-order valence-electron chi connectivity index (χ0n) is 11.5. The van der Waals surface area contributed by atoms with Crippen molar-refractivity contribution in [2.75, 3.05) is 0 Å². The Morgan fingerprint density at radius 2 is 1.15 bits per heavy atom. The van der Waals surface area contributed by atoms with Gasteiger partial charge in [0.1, 0.15) is 12.2 Å². The highest BCUT2D eigenvalue weighted by molar-refractivity contribution is 5.82. The largest absolute Gasteiger partial charge is 0.459 e. The van der Waals surface area contributed by atoms with Crippen molar-refractivity contribution >= 4 is 11.9 Å². The molecular weight excluding hydrogens is 256 g/mol. The number of hydrogen-bond acceptors (Lipinski definition) is 4. The van der Waals surface area contributed by atoms with Crippen LogP contribution in [0.5, 0.6) is 0 Å². The van der Waals surface area contributed by atoms with Gasteiger partial charge >= 0.3 is 11.9 Å². The lowest BCUT2D eigenvalue weighted by Gasteiger charge is -2.27. The highest BCUT2D eigenvalue weighted by atomic mass is 16.6. The quantitative estimate of drug-likeness (QED) is 0.425. The number of esters is 2. The first-order valence-electron chi connectivity index (χ1n) is 6.65. The van der Waals surface area contributed by atoms with Crippen LogP contribution in [0.3, 0.4) is 0 Å². The molecule has 0 heterocycles. The minimum Gasteiger partial charge on any atom is -0.459 e. The molecule has 0 N–H and O–H groups in total. The molecule has 4 heteroatoms. The maximum Gasteiger partial charge on any atom is 0.331 e. The van der Waals surface area contributed by atoms with E-state index in [1.54, 1.807) is 12.2 Å². The van der Waals surface area contributed by atoms with E-state index in [-0.39, 0.29) is 24.1 Å².